The van der Waals surface area contributed by atoms with Crippen molar-refractivity contribution in [2.45, 2.75) is 17.0 Å². The monoisotopic (exact) mass is 383 g/mol. The zero-order valence-corrected chi connectivity index (χ0v) is 16.5. The molecule has 0 atom stereocenters. The first-order chi connectivity index (χ1) is 13.0. The minimum Gasteiger partial charge on any atom is -0.496 e. The first-order valence-electron chi connectivity index (χ1n) is 8.31. The molecule has 6 nitrogen and oxygen atoms in total. The molecule has 7 heteroatoms. The number of aromatic nitrogens is 2. The quantitative estimate of drug-likeness (QED) is 0.693. The van der Waals surface area contributed by atoms with Gasteiger partial charge in [0.05, 0.1) is 14.2 Å². The van der Waals surface area contributed by atoms with Gasteiger partial charge in [0.15, 0.2) is 5.16 Å². The highest BCUT2D eigenvalue weighted by atomic mass is 32.2. The maximum atomic E-state index is 12.6. The molecule has 3 aromatic rings. The Morgan fingerprint density at radius 3 is 2.26 bits per heavy atom. The van der Waals surface area contributed by atoms with E-state index in [4.69, 9.17) is 9.47 Å². The molecule has 0 fully saturated rings. The molecule has 0 unspecified atom stereocenters. The van der Waals surface area contributed by atoms with E-state index in [0.717, 1.165) is 15.6 Å². The van der Waals surface area contributed by atoms with Crippen LogP contribution in [0.2, 0.25) is 0 Å². The van der Waals surface area contributed by atoms with Crippen LogP contribution in [0.3, 0.4) is 0 Å². The molecule has 1 heterocycles. The first kappa shape index (κ1) is 18.8. The predicted octanol–water partition coefficient (Wildman–Crippen LogP) is 4.15. The molecule has 0 bridgehead atoms. The lowest BCUT2D eigenvalue weighted by molar-refractivity contribution is 0.102. The maximum absolute atomic E-state index is 12.6. The van der Waals surface area contributed by atoms with E-state index in [1.807, 2.05) is 49.0 Å². The van der Waals surface area contributed by atoms with Gasteiger partial charge in [-0.25, -0.2) is 4.98 Å². The van der Waals surface area contributed by atoms with E-state index in [-0.39, 0.29) is 5.91 Å². The summed E-state index contributed by atoms with van der Waals surface area (Å²) in [6.07, 6.45) is 3.67. The Kier molecular flexibility index (Phi) is 5.71. The Morgan fingerprint density at radius 2 is 1.74 bits per heavy atom. The minimum absolute atomic E-state index is 0.226. The fourth-order valence-corrected chi connectivity index (χ4v) is 3.38. The van der Waals surface area contributed by atoms with E-state index in [9.17, 15) is 4.79 Å². The third-order valence-corrected chi connectivity index (χ3v) is 5.20. The standard InChI is InChI=1S/C20H21N3O3S/c1-13-17(25-3)11-14(12-18(13)26-4)19(24)22-15-5-7-16(8-6-15)27-20-21-9-10-23(20)2/h5-12H,1-4H3,(H,22,24). The Morgan fingerprint density at radius 1 is 1.11 bits per heavy atom. The summed E-state index contributed by atoms with van der Waals surface area (Å²) in [6, 6.07) is 11.0. The van der Waals surface area contributed by atoms with Gasteiger partial charge >= 0.3 is 0 Å². The summed E-state index contributed by atoms with van der Waals surface area (Å²) in [5.74, 6) is 0.999. The number of amides is 1. The fraction of sp³-hybridized carbons (Fsp3) is 0.200. The van der Waals surface area contributed by atoms with Crippen molar-refractivity contribution in [3.05, 3.63) is 59.9 Å². The van der Waals surface area contributed by atoms with Crippen molar-refractivity contribution in [3.63, 3.8) is 0 Å². The number of rotatable bonds is 6. The van der Waals surface area contributed by atoms with Crippen LogP contribution in [-0.4, -0.2) is 29.7 Å². The second-order valence-electron chi connectivity index (χ2n) is 5.91. The Hall–Kier alpha value is -2.93. The number of methoxy groups -OCH3 is 2. The average molecular weight is 383 g/mol. The van der Waals surface area contributed by atoms with Gasteiger partial charge in [-0.2, -0.15) is 0 Å². The molecule has 0 aliphatic rings. The summed E-state index contributed by atoms with van der Waals surface area (Å²) in [5.41, 5.74) is 2.04. The molecular weight excluding hydrogens is 362 g/mol. The second kappa shape index (κ2) is 8.18. The van der Waals surface area contributed by atoms with Crippen molar-refractivity contribution < 1.29 is 14.3 Å². The summed E-state index contributed by atoms with van der Waals surface area (Å²) in [5, 5.41) is 3.81. The Labute approximate surface area is 162 Å². The predicted molar refractivity (Wildman–Crippen MR) is 106 cm³/mol. The van der Waals surface area contributed by atoms with Crippen LogP contribution in [0.15, 0.2) is 58.8 Å². The summed E-state index contributed by atoms with van der Waals surface area (Å²) in [6.45, 7) is 1.89. The molecular formula is C20H21N3O3S. The third-order valence-electron chi connectivity index (χ3n) is 4.11. The number of imidazole rings is 1. The van der Waals surface area contributed by atoms with Gasteiger partial charge < -0.3 is 19.4 Å². The van der Waals surface area contributed by atoms with Gasteiger partial charge in [0.1, 0.15) is 11.5 Å². The van der Waals surface area contributed by atoms with Crippen LogP contribution in [0.25, 0.3) is 0 Å². The van der Waals surface area contributed by atoms with Gasteiger partial charge in [-0.05, 0) is 43.3 Å². The summed E-state index contributed by atoms with van der Waals surface area (Å²) >= 11 is 1.56. The molecule has 0 aliphatic carbocycles. The van der Waals surface area contributed by atoms with Gasteiger partial charge in [-0.15, -0.1) is 0 Å². The lowest BCUT2D eigenvalue weighted by atomic mass is 10.1. The zero-order valence-electron chi connectivity index (χ0n) is 15.6. The summed E-state index contributed by atoms with van der Waals surface area (Å²) < 4.78 is 12.6. The van der Waals surface area contributed by atoms with Crippen LogP contribution < -0.4 is 14.8 Å². The number of ether oxygens (including phenoxy) is 2. The van der Waals surface area contributed by atoms with Gasteiger partial charge in [-0.3, -0.25) is 4.79 Å². The highest BCUT2D eigenvalue weighted by Crippen LogP contribution is 2.30. The topological polar surface area (TPSA) is 65.4 Å². The highest BCUT2D eigenvalue weighted by molar-refractivity contribution is 7.99. The largest absolute Gasteiger partial charge is 0.496 e. The van der Waals surface area contributed by atoms with E-state index >= 15 is 0 Å². The fourth-order valence-electron chi connectivity index (χ4n) is 2.58. The molecule has 0 spiro atoms. The van der Waals surface area contributed by atoms with Crippen LogP contribution >= 0.6 is 11.8 Å². The molecule has 1 amide bonds. The Bertz CT molecular complexity index is 926. The van der Waals surface area contributed by atoms with Crippen molar-refractivity contribution in [2.24, 2.45) is 7.05 Å². The van der Waals surface area contributed by atoms with Crippen LogP contribution in [0, 0.1) is 6.92 Å². The van der Waals surface area contributed by atoms with Crippen LogP contribution in [0.5, 0.6) is 11.5 Å². The van der Waals surface area contributed by atoms with Crippen LogP contribution in [0.1, 0.15) is 15.9 Å². The molecule has 2 aromatic carbocycles. The molecule has 0 saturated carbocycles. The smallest absolute Gasteiger partial charge is 0.255 e. The number of carbonyl (C=O) groups is 1. The maximum Gasteiger partial charge on any atom is 0.255 e. The molecule has 0 aliphatic heterocycles. The van der Waals surface area contributed by atoms with E-state index in [1.165, 1.54) is 0 Å². The normalized spacial score (nSPS) is 10.5. The first-order valence-corrected chi connectivity index (χ1v) is 9.12. The van der Waals surface area contributed by atoms with Crippen molar-refractivity contribution in [1.82, 2.24) is 9.55 Å². The van der Waals surface area contributed by atoms with E-state index in [1.54, 1.807) is 44.3 Å². The van der Waals surface area contributed by atoms with Gasteiger partial charge in [-0.1, -0.05) is 11.8 Å². The van der Waals surface area contributed by atoms with Crippen LogP contribution in [-0.2, 0) is 7.05 Å². The number of hydrogen-bond acceptors (Lipinski definition) is 5. The van der Waals surface area contributed by atoms with E-state index in [0.29, 0.717) is 22.7 Å². The number of nitrogens with zero attached hydrogens (tertiary/aromatic N) is 2. The minimum atomic E-state index is -0.226. The molecule has 1 aromatic heterocycles. The van der Waals surface area contributed by atoms with Crippen molar-refractivity contribution >= 4 is 23.4 Å². The lowest BCUT2D eigenvalue weighted by Gasteiger charge is -2.13. The number of carbonyl (C=O) groups excluding carboxylic acids is 1. The number of anilines is 1. The third kappa shape index (κ3) is 4.25. The number of hydrogen-bond donors (Lipinski definition) is 1. The van der Waals surface area contributed by atoms with Gasteiger partial charge in [0.2, 0.25) is 0 Å². The summed E-state index contributed by atoms with van der Waals surface area (Å²) in [7, 11) is 5.09. The number of aryl methyl sites for hydroxylation is 1. The number of nitrogens with one attached hydrogen (secondary N) is 1. The highest BCUT2D eigenvalue weighted by Gasteiger charge is 2.14. The Balaban J connectivity index is 1.73. The molecule has 1 N–H and O–H groups in total. The molecule has 3 rings (SSSR count). The van der Waals surface area contributed by atoms with Crippen molar-refractivity contribution in [1.29, 1.82) is 0 Å². The molecule has 27 heavy (non-hydrogen) atoms. The van der Waals surface area contributed by atoms with E-state index < -0.39 is 0 Å². The van der Waals surface area contributed by atoms with Crippen molar-refractivity contribution in [2.75, 3.05) is 19.5 Å². The SMILES string of the molecule is COc1cc(C(=O)Nc2ccc(Sc3nccn3C)cc2)cc(OC)c1C. The van der Waals surface area contributed by atoms with Crippen molar-refractivity contribution in [3.8, 4) is 11.5 Å². The average Bonchev–Trinajstić information content (AvgIpc) is 3.08. The van der Waals surface area contributed by atoms with Crippen LogP contribution in [0.4, 0.5) is 5.69 Å². The van der Waals surface area contributed by atoms with Gasteiger partial charge in [0.25, 0.3) is 5.91 Å². The molecule has 0 saturated heterocycles. The van der Waals surface area contributed by atoms with Gasteiger partial charge in [0, 0.05) is 41.2 Å². The summed E-state index contributed by atoms with van der Waals surface area (Å²) in [4.78, 5) is 17.9. The van der Waals surface area contributed by atoms with E-state index in [2.05, 4.69) is 10.3 Å². The number of benzene rings is 2. The second-order valence-corrected chi connectivity index (χ2v) is 6.95. The molecule has 0 radical (unpaired) electrons. The lowest BCUT2D eigenvalue weighted by Crippen LogP contribution is -2.12. The zero-order chi connectivity index (χ0) is 19.4. The molecule has 140 valence electrons.